The lowest BCUT2D eigenvalue weighted by atomic mass is 9.71. The highest BCUT2D eigenvalue weighted by Gasteiger charge is 2.38. The van der Waals surface area contributed by atoms with E-state index in [9.17, 15) is 0 Å². The molecule has 88 valence electrons. The van der Waals surface area contributed by atoms with Crippen molar-refractivity contribution in [3.05, 3.63) is 27.2 Å². The molecule has 3 heteroatoms. The number of benzene rings is 1. The van der Waals surface area contributed by atoms with E-state index in [2.05, 4.69) is 35.8 Å². The molecule has 0 amide bonds. The second-order valence-corrected chi connectivity index (χ2v) is 5.57. The summed E-state index contributed by atoms with van der Waals surface area (Å²) in [6, 6.07) is 2.11. The van der Waals surface area contributed by atoms with Crippen LogP contribution in [0.3, 0.4) is 0 Å². The Kier molecular flexibility index (Phi) is 3.01. The zero-order chi connectivity index (χ0) is 11.9. The average Bonchev–Trinajstić information content (AvgIpc) is 2.14. The molecular formula is C13H18BrNO. The molecular weight excluding hydrogens is 266 g/mol. The van der Waals surface area contributed by atoms with Gasteiger partial charge in [-0.25, -0.2) is 0 Å². The van der Waals surface area contributed by atoms with Crippen molar-refractivity contribution in [3.63, 3.8) is 0 Å². The lowest BCUT2D eigenvalue weighted by molar-refractivity contribution is 0.250. The first kappa shape index (κ1) is 11.9. The van der Waals surface area contributed by atoms with Crippen molar-refractivity contribution in [1.29, 1.82) is 0 Å². The summed E-state index contributed by atoms with van der Waals surface area (Å²) in [5, 5.41) is 0. The molecule has 1 aliphatic rings. The minimum absolute atomic E-state index is 0.149. The molecule has 0 aliphatic heterocycles. The second kappa shape index (κ2) is 4.04. The number of nitrogens with two attached hydrogens (primary N) is 1. The van der Waals surface area contributed by atoms with E-state index in [0.29, 0.717) is 0 Å². The van der Waals surface area contributed by atoms with Crippen LogP contribution in [0.25, 0.3) is 0 Å². The third-order valence-corrected chi connectivity index (χ3v) is 4.23. The highest BCUT2D eigenvalue weighted by Crippen LogP contribution is 2.46. The van der Waals surface area contributed by atoms with Gasteiger partial charge in [0.05, 0.1) is 7.11 Å². The number of rotatable bonds is 2. The summed E-state index contributed by atoms with van der Waals surface area (Å²) in [5.74, 6) is 0.968. The number of hydrogen-bond acceptors (Lipinski definition) is 2. The van der Waals surface area contributed by atoms with Crippen LogP contribution in [0.5, 0.6) is 5.75 Å². The molecule has 1 saturated carbocycles. The van der Waals surface area contributed by atoms with Crippen molar-refractivity contribution >= 4 is 15.9 Å². The van der Waals surface area contributed by atoms with Crippen molar-refractivity contribution in [2.75, 3.05) is 7.11 Å². The number of halogens is 1. The molecule has 0 bridgehead atoms. The van der Waals surface area contributed by atoms with Crippen LogP contribution >= 0.6 is 15.9 Å². The van der Waals surface area contributed by atoms with Gasteiger partial charge in [-0.15, -0.1) is 0 Å². The fourth-order valence-corrected chi connectivity index (χ4v) is 3.68. The smallest absolute Gasteiger partial charge is 0.125 e. The molecule has 0 aromatic heterocycles. The Morgan fingerprint density at radius 1 is 1.38 bits per heavy atom. The first-order valence-corrected chi connectivity index (χ1v) is 6.42. The van der Waals surface area contributed by atoms with Crippen molar-refractivity contribution in [2.45, 2.75) is 38.6 Å². The molecule has 2 nitrogen and oxygen atoms in total. The Balaban J connectivity index is 2.60. The summed E-state index contributed by atoms with van der Waals surface area (Å²) in [7, 11) is 1.72. The van der Waals surface area contributed by atoms with E-state index in [1.165, 1.54) is 17.5 Å². The van der Waals surface area contributed by atoms with Crippen LogP contribution in [0.2, 0.25) is 0 Å². The Morgan fingerprint density at radius 2 is 2.00 bits per heavy atom. The van der Waals surface area contributed by atoms with E-state index in [1.807, 2.05) is 0 Å². The summed E-state index contributed by atoms with van der Waals surface area (Å²) in [5.41, 5.74) is 9.82. The van der Waals surface area contributed by atoms with Gasteiger partial charge in [0.2, 0.25) is 0 Å². The number of methoxy groups -OCH3 is 1. The lowest BCUT2D eigenvalue weighted by Gasteiger charge is -2.40. The van der Waals surface area contributed by atoms with Gasteiger partial charge >= 0.3 is 0 Å². The summed E-state index contributed by atoms with van der Waals surface area (Å²) >= 11 is 3.64. The molecule has 0 radical (unpaired) electrons. The van der Waals surface area contributed by atoms with Gasteiger partial charge in [-0.05, 0) is 55.9 Å². The highest BCUT2D eigenvalue weighted by atomic mass is 79.9. The molecule has 0 heterocycles. The monoisotopic (exact) mass is 283 g/mol. The van der Waals surface area contributed by atoms with Gasteiger partial charge < -0.3 is 10.5 Å². The van der Waals surface area contributed by atoms with Crippen molar-refractivity contribution < 1.29 is 4.74 Å². The topological polar surface area (TPSA) is 35.2 Å². The molecule has 1 aliphatic carbocycles. The van der Waals surface area contributed by atoms with Gasteiger partial charge in [-0.3, -0.25) is 0 Å². The Morgan fingerprint density at radius 3 is 2.44 bits per heavy atom. The molecule has 1 aromatic carbocycles. The van der Waals surface area contributed by atoms with Crippen LogP contribution in [0.4, 0.5) is 0 Å². The van der Waals surface area contributed by atoms with Gasteiger partial charge in [-0.1, -0.05) is 15.9 Å². The van der Waals surface area contributed by atoms with Gasteiger partial charge in [0.1, 0.15) is 5.75 Å². The Labute approximate surface area is 105 Å². The van der Waals surface area contributed by atoms with E-state index in [-0.39, 0.29) is 5.54 Å². The maximum atomic E-state index is 6.41. The SMILES string of the molecule is COc1c(C)cc(Br)c(C2(N)CCC2)c1C. The molecule has 2 N–H and O–H groups in total. The minimum atomic E-state index is -0.149. The maximum Gasteiger partial charge on any atom is 0.125 e. The van der Waals surface area contributed by atoms with Crippen molar-refractivity contribution in [2.24, 2.45) is 5.73 Å². The zero-order valence-corrected chi connectivity index (χ0v) is 11.6. The van der Waals surface area contributed by atoms with Gasteiger partial charge in [0.25, 0.3) is 0 Å². The van der Waals surface area contributed by atoms with Crippen LogP contribution in [-0.4, -0.2) is 7.11 Å². The molecule has 0 unspecified atom stereocenters. The number of hydrogen-bond donors (Lipinski definition) is 1. The molecule has 1 aromatic rings. The van der Waals surface area contributed by atoms with E-state index >= 15 is 0 Å². The predicted molar refractivity (Wildman–Crippen MR) is 69.9 cm³/mol. The summed E-state index contributed by atoms with van der Waals surface area (Å²) < 4.78 is 6.57. The van der Waals surface area contributed by atoms with Gasteiger partial charge in [-0.2, -0.15) is 0 Å². The Hall–Kier alpha value is -0.540. The average molecular weight is 284 g/mol. The normalized spacial score (nSPS) is 18.1. The second-order valence-electron chi connectivity index (χ2n) is 4.72. The molecule has 16 heavy (non-hydrogen) atoms. The number of aryl methyl sites for hydroxylation is 1. The molecule has 0 spiro atoms. The molecule has 2 rings (SSSR count). The Bertz CT molecular complexity index is 424. The van der Waals surface area contributed by atoms with Crippen molar-refractivity contribution in [1.82, 2.24) is 0 Å². The standard InChI is InChI=1S/C13H18BrNO/c1-8-7-10(14)11(9(2)12(8)16-3)13(15)5-4-6-13/h7H,4-6,15H2,1-3H3. The van der Waals surface area contributed by atoms with Crippen LogP contribution in [0.15, 0.2) is 10.5 Å². The minimum Gasteiger partial charge on any atom is -0.496 e. The van der Waals surface area contributed by atoms with E-state index in [1.54, 1.807) is 7.11 Å². The quantitative estimate of drug-likeness (QED) is 0.903. The largest absolute Gasteiger partial charge is 0.496 e. The summed E-state index contributed by atoms with van der Waals surface area (Å²) in [6.07, 6.45) is 3.36. The third-order valence-electron chi connectivity index (χ3n) is 3.60. The fraction of sp³-hybridized carbons (Fsp3) is 0.538. The van der Waals surface area contributed by atoms with E-state index in [0.717, 1.165) is 28.6 Å². The first-order chi connectivity index (χ1) is 7.49. The van der Waals surface area contributed by atoms with Crippen molar-refractivity contribution in [3.8, 4) is 5.75 Å². The van der Waals surface area contributed by atoms with Gasteiger partial charge in [0.15, 0.2) is 0 Å². The summed E-state index contributed by atoms with van der Waals surface area (Å²) in [6.45, 7) is 4.16. The third kappa shape index (κ3) is 1.66. The highest BCUT2D eigenvalue weighted by molar-refractivity contribution is 9.10. The number of ether oxygens (including phenoxy) is 1. The lowest BCUT2D eigenvalue weighted by Crippen LogP contribution is -2.44. The summed E-state index contributed by atoms with van der Waals surface area (Å²) in [4.78, 5) is 0. The molecule has 1 fully saturated rings. The van der Waals surface area contributed by atoms with Crippen LogP contribution in [0.1, 0.15) is 36.0 Å². The van der Waals surface area contributed by atoms with Crippen LogP contribution in [0, 0.1) is 13.8 Å². The van der Waals surface area contributed by atoms with E-state index in [4.69, 9.17) is 10.5 Å². The molecule has 0 atom stereocenters. The maximum absolute atomic E-state index is 6.41. The van der Waals surface area contributed by atoms with Crippen LogP contribution in [-0.2, 0) is 5.54 Å². The van der Waals surface area contributed by atoms with E-state index < -0.39 is 0 Å². The zero-order valence-electron chi connectivity index (χ0n) is 10.1. The predicted octanol–water partition coefficient (Wildman–Crippen LogP) is 3.41. The fourth-order valence-electron chi connectivity index (χ4n) is 2.65. The van der Waals surface area contributed by atoms with Crippen LogP contribution < -0.4 is 10.5 Å². The molecule has 0 saturated heterocycles. The van der Waals surface area contributed by atoms with Gasteiger partial charge in [0, 0.05) is 10.0 Å². The first-order valence-electron chi connectivity index (χ1n) is 5.62.